The zero-order valence-electron chi connectivity index (χ0n) is 9.45. The lowest BCUT2D eigenvalue weighted by atomic mass is 9.85. The van der Waals surface area contributed by atoms with Gasteiger partial charge in [-0.15, -0.1) is 0 Å². The maximum Gasteiger partial charge on any atom is 0.225 e. The Bertz CT molecular complexity index is 216. The first-order chi connectivity index (χ1) is 7.27. The second kappa shape index (κ2) is 4.97. The molecule has 86 valence electrons. The van der Waals surface area contributed by atoms with Gasteiger partial charge in [-0.1, -0.05) is 0 Å². The highest BCUT2D eigenvalue weighted by Gasteiger charge is 2.28. The van der Waals surface area contributed by atoms with Crippen molar-refractivity contribution in [2.45, 2.75) is 51.0 Å². The number of nitrogens with two attached hydrogens (primary N) is 1. The van der Waals surface area contributed by atoms with Crippen molar-refractivity contribution >= 4 is 5.91 Å². The van der Waals surface area contributed by atoms with Gasteiger partial charge in [0, 0.05) is 25.0 Å². The molecule has 2 rings (SSSR count). The van der Waals surface area contributed by atoms with Gasteiger partial charge >= 0.3 is 0 Å². The first kappa shape index (κ1) is 10.9. The van der Waals surface area contributed by atoms with Crippen molar-refractivity contribution in [3.63, 3.8) is 0 Å². The Kier molecular flexibility index (Phi) is 3.62. The summed E-state index contributed by atoms with van der Waals surface area (Å²) in [6, 6.07) is 0.343. The topological polar surface area (TPSA) is 46.3 Å². The SMILES string of the molecule is NC1CCC(C(=O)N2CCCCC2)CC1. The van der Waals surface area contributed by atoms with E-state index in [-0.39, 0.29) is 5.92 Å². The molecule has 1 saturated carbocycles. The smallest absolute Gasteiger partial charge is 0.225 e. The van der Waals surface area contributed by atoms with Gasteiger partial charge < -0.3 is 10.6 Å². The second-order valence-electron chi connectivity index (χ2n) is 5.00. The highest BCUT2D eigenvalue weighted by molar-refractivity contribution is 5.79. The predicted molar refractivity (Wildman–Crippen MR) is 60.4 cm³/mol. The van der Waals surface area contributed by atoms with Crippen LogP contribution in [0.1, 0.15) is 44.9 Å². The van der Waals surface area contributed by atoms with E-state index in [1.54, 1.807) is 0 Å². The fourth-order valence-electron chi connectivity index (χ4n) is 2.74. The van der Waals surface area contributed by atoms with E-state index in [0.29, 0.717) is 11.9 Å². The molecule has 15 heavy (non-hydrogen) atoms. The molecule has 1 amide bonds. The Balaban J connectivity index is 1.84. The molecule has 3 nitrogen and oxygen atoms in total. The van der Waals surface area contributed by atoms with Gasteiger partial charge in [0.15, 0.2) is 0 Å². The maximum atomic E-state index is 12.1. The van der Waals surface area contributed by atoms with Crippen LogP contribution in [0.15, 0.2) is 0 Å². The summed E-state index contributed by atoms with van der Waals surface area (Å²) in [4.78, 5) is 14.2. The van der Waals surface area contributed by atoms with Crippen molar-refractivity contribution < 1.29 is 4.79 Å². The average Bonchev–Trinajstić information content (AvgIpc) is 2.30. The number of amides is 1. The highest BCUT2D eigenvalue weighted by Crippen LogP contribution is 2.26. The van der Waals surface area contributed by atoms with E-state index in [9.17, 15) is 4.79 Å². The number of carbonyl (C=O) groups is 1. The first-order valence-electron chi connectivity index (χ1n) is 6.32. The minimum atomic E-state index is 0.280. The lowest BCUT2D eigenvalue weighted by Crippen LogP contribution is -2.41. The van der Waals surface area contributed by atoms with Gasteiger partial charge in [0.2, 0.25) is 5.91 Å². The van der Waals surface area contributed by atoms with Crippen LogP contribution >= 0.6 is 0 Å². The molecule has 0 radical (unpaired) electrons. The van der Waals surface area contributed by atoms with Crippen molar-refractivity contribution in [3.8, 4) is 0 Å². The lowest BCUT2D eigenvalue weighted by Gasteiger charge is -2.33. The molecular weight excluding hydrogens is 188 g/mol. The molecule has 0 aromatic rings. The molecule has 0 bridgehead atoms. The van der Waals surface area contributed by atoms with E-state index >= 15 is 0 Å². The number of likely N-dealkylation sites (tertiary alicyclic amines) is 1. The molecule has 1 saturated heterocycles. The Morgan fingerprint density at radius 3 is 2.20 bits per heavy atom. The summed E-state index contributed by atoms with van der Waals surface area (Å²) < 4.78 is 0. The number of carbonyl (C=O) groups excluding carboxylic acids is 1. The third-order valence-corrected chi connectivity index (χ3v) is 3.79. The van der Waals surface area contributed by atoms with Crippen LogP contribution in [0.25, 0.3) is 0 Å². The first-order valence-corrected chi connectivity index (χ1v) is 6.32. The monoisotopic (exact) mass is 210 g/mol. The van der Waals surface area contributed by atoms with E-state index in [4.69, 9.17) is 5.73 Å². The van der Waals surface area contributed by atoms with Crippen LogP contribution in [0.2, 0.25) is 0 Å². The largest absolute Gasteiger partial charge is 0.342 e. The van der Waals surface area contributed by atoms with Gasteiger partial charge in [0.05, 0.1) is 0 Å². The maximum absolute atomic E-state index is 12.1. The summed E-state index contributed by atoms with van der Waals surface area (Å²) in [6.07, 6.45) is 7.76. The molecule has 2 N–H and O–H groups in total. The molecule has 0 aromatic heterocycles. The minimum Gasteiger partial charge on any atom is -0.342 e. The van der Waals surface area contributed by atoms with Crippen LogP contribution in [0, 0.1) is 5.92 Å². The van der Waals surface area contributed by atoms with Crippen molar-refractivity contribution in [2.24, 2.45) is 11.7 Å². The molecule has 0 atom stereocenters. The predicted octanol–water partition coefficient (Wildman–Crippen LogP) is 1.52. The molecule has 2 fully saturated rings. The van der Waals surface area contributed by atoms with Crippen molar-refractivity contribution in [1.82, 2.24) is 4.90 Å². The summed E-state index contributed by atoms with van der Waals surface area (Å²) >= 11 is 0. The van der Waals surface area contributed by atoms with Crippen LogP contribution in [-0.2, 0) is 4.79 Å². The molecule has 1 heterocycles. The Morgan fingerprint density at radius 2 is 1.60 bits per heavy atom. The van der Waals surface area contributed by atoms with Crippen LogP contribution in [0.4, 0.5) is 0 Å². The van der Waals surface area contributed by atoms with Gasteiger partial charge in [-0.05, 0) is 44.9 Å². The molecule has 1 aliphatic heterocycles. The fourth-order valence-corrected chi connectivity index (χ4v) is 2.74. The number of piperidine rings is 1. The van der Waals surface area contributed by atoms with Gasteiger partial charge in [-0.3, -0.25) is 4.79 Å². The molecule has 3 heteroatoms. The Labute approximate surface area is 92.0 Å². The molecule has 2 aliphatic rings. The van der Waals surface area contributed by atoms with E-state index in [1.165, 1.54) is 19.3 Å². The summed E-state index contributed by atoms with van der Waals surface area (Å²) in [5.41, 5.74) is 5.85. The van der Waals surface area contributed by atoms with Crippen LogP contribution in [-0.4, -0.2) is 29.9 Å². The Hall–Kier alpha value is -0.570. The number of nitrogens with zero attached hydrogens (tertiary/aromatic N) is 1. The third kappa shape index (κ3) is 2.71. The second-order valence-corrected chi connectivity index (χ2v) is 5.00. The number of hydrogen-bond acceptors (Lipinski definition) is 2. The summed E-state index contributed by atoms with van der Waals surface area (Å²) in [5.74, 6) is 0.685. The van der Waals surface area contributed by atoms with Crippen LogP contribution in [0.3, 0.4) is 0 Å². The number of rotatable bonds is 1. The zero-order valence-corrected chi connectivity index (χ0v) is 9.45. The minimum absolute atomic E-state index is 0.280. The molecule has 0 unspecified atom stereocenters. The average molecular weight is 210 g/mol. The van der Waals surface area contributed by atoms with Gasteiger partial charge in [0.25, 0.3) is 0 Å². The lowest BCUT2D eigenvalue weighted by molar-refractivity contribution is -0.137. The normalized spacial score (nSPS) is 32.7. The van der Waals surface area contributed by atoms with Crippen molar-refractivity contribution in [3.05, 3.63) is 0 Å². The molecule has 0 aromatic carbocycles. The van der Waals surface area contributed by atoms with Gasteiger partial charge in [-0.2, -0.15) is 0 Å². The zero-order chi connectivity index (χ0) is 10.7. The summed E-state index contributed by atoms with van der Waals surface area (Å²) in [6.45, 7) is 1.97. The van der Waals surface area contributed by atoms with Crippen molar-refractivity contribution in [1.29, 1.82) is 0 Å². The van der Waals surface area contributed by atoms with E-state index in [0.717, 1.165) is 38.8 Å². The third-order valence-electron chi connectivity index (χ3n) is 3.79. The molecule has 1 aliphatic carbocycles. The Morgan fingerprint density at radius 1 is 1.00 bits per heavy atom. The van der Waals surface area contributed by atoms with Gasteiger partial charge in [0.1, 0.15) is 0 Å². The quantitative estimate of drug-likeness (QED) is 0.713. The summed E-state index contributed by atoms with van der Waals surface area (Å²) in [5, 5.41) is 0. The van der Waals surface area contributed by atoms with Crippen LogP contribution < -0.4 is 5.73 Å². The van der Waals surface area contributed by atoms with E-state index < -0.39 is 0 Å². The fraction of sp³-hybridized carbons (Fsp3) is 0.917. The van der Waals surface area contributed by atoms with E-state index in [2.05, 4.69) is 4.90 Å². The molecule has 0 spiro atoms. The molecular formula is C12H22N2O. The summed E-state index contributed by atoms with van der Waals surface area (Å²) in [7, 11) is 0. The van der Waals surface area contributed by atoms with Crippen LogP contribution in [0.5, 0.6) is 0 Å². The highest BCUT2D eigenvalue weighted by atomic mass is 16.2. The van der Waals surface area contributed by atoms with Crippen molar-refractivity contribution in [2.75, 3.05) is 13.1 Å². The number of hydrogen-bond donors (Lipinski definition) is 1. The standard InChI is InChI=1S/C12H22N2O/c13-11-6-4-10(5-7-11)12(15)14-8-2-1-3-9-14/h10-11H,1-9,13H2. The van der Waals surface area contributed by atoms with Gasteiger partial charge in [-0.25, -0.2) is 0 Å². The van der Waals surface area contributed by atoms with E-state index in [1.807, 2.05) is 0 Å².